The van der Waals surface area contributed by atoms with Gasteiger partial charge in [-0.25, -0.2) is 0 Å². The zero-order valence-electron chi connectivity index (χ0n) is 13.5. The first-order valence-corrected chi connectivity index (χ1v) is 12.1. The van der Waals surface area contributed by atoms with Crippen LogP contribution in [-0.4, -0.2) is 22.4 Å². The summed E-state index contributed by atoms with van der Waals surface area (Å²) in [5.74, 6) is 0. The van der Waals surface area contributed by atoms with Crippen LogP contribution in [-0.2, 0) is 3.74 Å². The molecular formula is C16H35AsO3. The molecule has 0 fully saturated rings. The van der Waals surface area contributed by atoms with Crippen LogP contribution in [0.4, 0.5) is 0 Å². The fourth-order valence-corrected chi connectivity index (χ4v) is 4.74. The summed E-state index contributed by atoms with van der Waals surface area (Å²) < 4.78 is 29.3. The molecule has 0 aromatic carbocycles. The van der Waals surface area contributed by atoms with Crippen LogP contribution in [0.15, 0.2) is 0 Å². The van der Waals surface area contributed by atoms with E-state index in [9.17, 15) is 11.9 Å². The average Bonchev–Trinajstić information content (AvgIpc) is 2.38. The molecule has 0 aliphatic heterocycles. The van der Waals surface area contributed by atoms with Crippen molar-refractivity contribution in [1.82, 2.24) is 0 Å². The van der Waals surface area contributed by atoms with Crippen LogP contribution in [0.3, 0.4) is 0 Å². The van der Waals surface area contributed by atoms with Crippen molar-refractivity contribution in [3.63, 3.8) is 0 Å². The van der Waals surface area contributed by atoms with Gasteiger partial charge in [0.2, 0.25) is 0 Å². The zero-order valence-corrected chi connectivity index (χ0v) is 15.4. The Morgan fingerprint density at radius 3 is 1.50 bits per heavy atom. The van der Waals surface area contributed by atoms with Gasteiger partial charge in [0.15, 0.2) is 0 Å². The molecule has 0 saturated carbocycles. The predicted molar refractivity (Wildman–Crippen MR) is 86.0 cm³/mol. The second-order valence-corrected chi connectivity index (χ2v) is 9.98. The minimum absolute atomic E-state index is 0.355. The van der Waals surface area contributed by atoms with Crippen molar-refractivity contribution in [1.29, 1.82) is 0 Å². The first-order chi connectivity index (χ1) is 9.52. The third-order valence-electron chi connectivity index (χ3n) is 4.09. The van der Waals surface area contributed by atoms with Gasteiger partial charge in [-0.15, -0.1) is 0 Å². The summed E-state index contributed by atoms with van der Waals surface area (Å²) in [5, 5.41) is 0. The zero-order chi connectivity index (χ0) is 15.3. The van der Waals surface area contributed by atoms with E-state index in [1.807, 2.05) is 6.92 Å². The van der Waals surface area contributed by atoms with Gasteiger partial charge in [-0.1, -0.05) is 13.3 Å². The van der Waals surface area contributed by atoms with E-state index in [1.54, 1.807) is 0 Å². The second-order valence-electron chi connectivity index (χ2n) is 5.98. The van der Waals surface area contributed by atoms with Gasteiger partial charge >= 0.3 is 115 Å². The fraction of sp³-hybridized carbons (Fsp3) is 1.00. The van der Waals surface area contributed by atoms with E-state index in [1.165, 1.54) is 57.8 Å². The van der Waals surface area contributed by atoms with Gasteiger partial charge in [0.1, 0.15) is 0 Å². The molecule has 0 heterocycles. The van der Waals surface area contributed by atoms with Gasteiger partial charge < -0.3 is 0 Å². The van der Waals surface area contributed by atoms with Crippen molar-refractivity contribution in [3.8, 4) is 0 Å². The van der Waals surface area contributed by atoms with Gasteiger partial charge in [-0.3, -0.25) is 0 Å². The molecule has 0 rings (SSSR count). The summed E-state index contributed by atoms with van der Waals surface area (Å²) in [4.78, 5) is 0. The van der Waals surface area contributed by atoms with Crippen LogP contribution >= 0.6 is 0 Å². The quantitative estimate of drug-likeness (QED) is 0.349. The van der Waals surface area contributed by atoms with Crippen LogP contribution in [0, 0.1) is 0 Å². The first-order valence-electron chi connectivity index (χ1n) is 8.57. The van der Waals surface area contributed by atoms with Crippen LogP contribution in [0.1, 0.15) is 97.3 Å². The summed E-state index contributed by atoms with van der Waals surface area (Å²) in [6, 6.07) is 0. The minimum atomic E-state index is -4.46. The Hall–Kier alpha value is 0.278. The van der Waals surface area contributed by atoms with Crippen molar-refractivity contribution in [2.75, 3.05) is 0 Å². The number of rotatable bonds is 14. The third kappa shape index (κ3) is 12.1. The van der Waals surface area contributed by atoms with E-state index in [4.69, 9.17) is 0 Å². The van der Waals surface area contributed by atoms with E-state index in [0.29, 0.717) is 12.8 Å². The average molecular weight is 350 g/mol. The van der Waals surface area contributed by atoms with E-state index >= 15 is 0 Å². The molecule has 1 atom stereocenters. The predicted octanol–water partition coefficient (Wildman–Crippen LogP) is 4.82. The van der Waals surface area contributed by atoms with Crippen molar-refractivity contribution < 1.29 is 11.9 Å². The fourth-order valence-electron chi connectivity index (χ4n) is 2.65. The summed E-state index contributed by atoms with van der Waals surface area (Å²) in [7, 11) is 0. The van der Waals surface area contributed by atoms with Gasteiger partial charge in [0.25, 0.3) is 0 Å². The number of unbranched alkanes of at least 4 members (excludes halogenated alkanes) is 10. The number of hydrogen-bond donors (Lipinski definition) is 2. The van der Waals surface area contributed by atoms with Crippen molar-refractivity contribution in [3.05, 3.63) is 0 Å². The Balaban J connectivity index is 3.30. The standard InChI is InChI=1S/C16H35AsO3/c1-3-5-6-7-8-9-10-11-12-13-14-15-16(4-2)17(18,19)20/h16H,3-15H2,1-2H3,(H2,18,19,20). The molecular weight excluding hydrogens is 315 g/mol. The first kappa shape index (κ1) is 20.3. The molecule has 0 bridgehead atoms. The summed E-state index contributed by atoms with van der Waals surface area (Å²) in [6.45, 7) is 4.13. The molecule has 0 aromatic rings. The monoisotopic (exact) mass is 350 g/mol. The number of hydrogen-bond acceptors (Lipinski definition) is 1. The second kappa shape index (κ2) is 13.0. The van der Waals surface area contributed by atoms with Crippen LogP contribution in [0.2, 0.25) is 4.71 Å². The van der Waals surface area contributed by atoms with Gasteiger partial charge in [0.05, 0.1) is 0 Å². The van der Waals surface area contributed by atoms with E-state index in [2.05, 4.69) is 6.92 Å². The maximum absolute atomic E-state index is 11.2. The Labute approximate surface area is 128 Å². The van der Waals surface area contributed by atoms with Gasteiger partial charge in [-0.2, -0.15) is 0 Å². The Morgan fingerprint density at radius 1 is 0.750 bits per heavy atom. The molecule has 1 unspecified atom stereocenters. The molecule has 122 valence electrons. The molecule has 3 nitrogen and oxygen atoms in total. The molecule has 0 aromatic heterocycles. The molecule has 0 spiro atoms. The van der Waals surface area contributed by atoms with Crippen LogP contribution < -0.4 is 0 Å². The normalized spacial score (nSPS) is 13.6. The van der Waals surface area contributed by atoms with E-state index < -0.39 is 14.2 Å². The Morgan fingerprint density at radius 2 is 1.15 bits per heavy atom. The maximum atomic E-state index is 11.2. The van der Waals surface area contributed by atoms with Crippen LogP contribution in [0.5, 0.6) is 0 Å². The molecule has 20 heavy (non-hydrogen) atoms. The van der Waals surface area contributed by atoms with E-state index in [-0.39, 0.29) is 4.71 Å². The Kier molecular flexibility index (Phi) is 13.2. The van der Waals surface area contributed by atoms with Crippen molar-refractivity contribution in [2.45, 2.75) is 102 Å². The molecule has 4 heteroatoms. The van der Waals surface area contributed by atoms with Crippen molar-refractivity contribution >= 4 is 14.2 Å². The summed E-state index contributed by atoms with van der Waals surface area (Å²) in [5.41, 5.74) is 0. The molecule has 0 saturated heterocycles. The topological polar surface area (TPSA) is 57.5 Å². The third-order valence-corrected chi connectivity index (χ3v) is 7.39. The summed E-state index contributed by atoms with van der Waals surface area (Å²) in [6.07, 6.45) is 15.4. The molecule has 0 radical (unpaired) electrons. The van der Waals surface area contributed by atoms with Gasteiger partial charge in [0, 0.05) is 0 Å². The summed E-state index contributed by atoms with van der Waals surface area (Å²) >= 11 is -4.46. The Bertz CT molecular complexity index is 250. The molecule has 2 N–H and O–H groups in total. The molecule has 0 aliphatic rings. The van der Waals surface area contributed by atoms with E-state index in [0.717, 1.165) is 12.8 Å². The molecule has 0 aliphatic carbocycles. The SMILES string of the molecule is CCCCCCCCCCCCCC(CC)[As](=O)(O)O. The van der Waals surface area contributed by atoms with Gasteiger partial charge in [-0.05, 0) is 0 Å². The molecule has 0 amide bonds. The van der Waals surface area contributed by atoms with Crippen molar-refractivity contribution in [2.24, 2.45) is 0 Å². The van der Waals surface area contributed by atoms with Crippen LogP contribution in [0.25, 0.3) is 0 Å².